The minimum absolute atomic E-state index is 0.109. The third-order valence-corrected chi connectivity index (χ3v) is 4.63. The molecule has 0 heterocycles. The number of halogens is 3. The van der Waals surface area contributed by atoms with Gasteiger partial charge in [0.1, 0.15) is 10.7 Å². The maximum absolute atomic E-state index is 13.4. The molecular weight excluding hydrogens is 354 g/mol. The predicted molar refractivity (Wildman–Crippen MR) is 73.1 cm³/mol. The highest BCUT2D eigenvalue weighted by molar-refractivity contribution is 9.10. The zero-order chi connectivity index (χ0) is 14.9. The first-order valence-electron chi connectivity index (χ1n) is 5.45. The molecule has 0 aliphatic heterocycles. The van der Waals surface area contributed by atoms with Crippen molar-refractivity contribution in [3.8, 4) is 5.75 Å². The Balaban J connectivity index is 2.38. The van der Waals surface area contributed by atoms with Crippen molar-refractivity contribution in [2.24, 2.45) is 0 Å². The number of hydrogen-bond donors (Lipinski definition) is 0. The van der Waals surface area contributed by atoms with E-state index >= 15 is 0 Å². The van der Waals surface area contributed by atoms with E-state index in [-0.39, 0.29) is 4.90 Å². The monoisotopic (exact) mass is 362 g/mol. The molecule has 2 rings (SSSR count). The fourth-order valence-corrected chi connectivity index (χ4v) is 2.75. The van der Waals surface area contributed by atoms with Crippen LogP contribution in [0.4, 0.5) is 8.78 Å². The summed E-state index contributed by atoms with van der Waals surface area (Å²) in [7, 11) is -4.17. The minimum Gasteiger partial charge on any atom is -0.376 e. The first kappa shape index (κ1) is 14.9. The minimum atomic E-state index is -4.17. The zero-order valence-corrected chi connectivity index (χ0v) is 12.6. The van der Waals surface area contributed by atoms with E-state index in [1.54, 1.807) is 13.0 Å². The van der Waals surface area contributed by atoms with Crippen LogP contribution in [0.2, 0.25) is 0 Å². The summed E-state index contributed by atoms with van der Waals surface area (Å²) in [4.78, 5) is -0.109. The highest BCUT2D eigenvalue weighted by Gasteiger charge is 2.19. The predicted octanol–water partition coefficient (Wildman–Crippen LogP) is 3.80. The molecular formula is C13H9BrF2O3S. The van der Waals surface area contributed by atoms with E-state index in [1.165, 1.54) is 12.1 Å². The molecule has 0 aliphatic rings. The summed E-state index contributed by atoms with van der Waals surface area (Å²) in [5.41, 5.74) is 0.689. The van der Waals surface area contributed by atoms with Gasteiger partial charge in [-0.2, -0.15) is 8.42 Å². The molecule has 20 heavy (non-hydrogen) atoms. The van der Waals surface area contributed by atoms with E-state index in [4.69, 9.17) is 0 Å². The lowest BCUT2D eigenvalue weighted by atomic mass is 10.2. The van der Waals surface area contributed by atoms with Gasteiger partial charge in [0.25, 0.3) is 0 Å². The standard InChI is InChI=1S/C13H9BrF2O3S/c1-8-6-10(3-4-11(8)14)20(17,18)19-13-5-2-9(15)7-12(13)16/h2-7H,1H3. The number of hydrogen-bond acceptors (Lipinski definition) is 3. The van der Waals surface area contributed by atoms with Crippen LogP contribution in [-0.2, 0) is 10.1 Å². The molecule has 0 aromatic heterocycles. The van der Waals surface area contributed by atoms with E-state index in [1.807, 2.05) is 0 Å². The van der Waals surface area contributed by atoms with Crippen LogP contribution < -0.4 is 4.18 Å². The molecule has 2 aromatic rings. The van der Waals surface area contributed by atoms with Crippen LogP contribution in [0.3, 0.4) is 0 Å². The van der Waals surface area contributed by atoms with Crippen LogP contribution in [0.1, 0.15) is 5.56 Å². The summed E-state index contributed by atoms with van der Waals surface area (Å²) < 4.78 is 55.6. The van der Waals surface area contributed by atoms with Crippen LogP contribution >= 0.6 is 15.9 Å². The van der Waals surface area contributed by atoms with Gasteiger partial charge in [0.2, 0.25) is 0 Å². The topological polar surface area (TPSA) is 43.4 Å². The lowest BCUT2D eigenvalue weighted by Gasteiger charge is -2.09. The summed E-state index contributed by atoms with van der Waals surface area (Å²) in [6.07, 6.45) is 0. The van der Waals surface area contributed by atoms with Gasteiger partial charge < -0.3 is 4.18 Å². The molecule has 0 fully saturated rings. The van der Waals surface area contributed by atoms with Gasteiger partial charge in [-0.25, -0.2) is 8.78 Å². The maximum Gasteiger partial charge on any atom is 0.339 e. The second-order valence-corrected chi connectivity index (χ2v) is 6.42. The Morgan fingerprint density at radius 1 is 1.10 bits per heavy atom. The summed E-state index contributed by atoms with van der Waals surface area (Å²) in [6.45, 7) is 1.71. The third-order valence-electron chi connectivity index (χ3n) is 2.51. The molecule has 0 N–H and O–H groups in total. The van der Waals surface area contributed by atoms with Crippen molar-refractivity contribution in [1.82, 2.24) is 0 Å². The van der Waals surface area contributed by atoms with Gasteiger partial charge in [-0.3, -0.25) is 0 Å². The molecule has 0 radical (unpaired) electrons. The molecule has 7 heteroatoms. The van der Waals surface area contributed by atoms with Crippen molar-refractivity contribution in [2.45, 2.75) is 11.8 Å². The Labute approximate surface area is 123 Å². The Morgan fingerprint density at radius 2 is 1.80 bits per heavy atom. The number of rotatable bonds is 3. The normalized spacial score (nSPS) is 11.4. The molecule has 0 unspecified atom stereocenters. The lowest BCUT2D eigenvalue weighted by Crippen LogP contribution is -2.11. The van der Waals surface area contributed by atoms with E-state index in [9.17, 15) is 17.2 Å². The molecule has 3 nitrogen and oxygen atoms in total. The van der Waals surface area contributed by atoms with Gasteiger partial charge in [-0.05, 0) is 42.8 Å². The van der Waals surface area contributed by atoms with E-state index in [2.05, 4.69) is 20.1 Å². The smallest absolute Gasteiger partial charge is 0.339 e. The van der Waals surface area contributed by atoms with E-state index in [0.717, 1.165) is 16.6 Å². The van der Waals surface area contributed by atoms with E-state index in [0.29, 0.717) is 11.6 Å². The summed E-state index contributed by atoms with van der Waals surface area (Å²) in [5.74, 6) is -2.44. The summed E-state index contributed by atoms with van der Waals surface area (Å²) in [6, 6.07) is 6.66. The molecule has 0 saturated heterocycles. The first-order valence-corrected chi connectivity index (χ1v) is 7.65. The van der Waals surface area contributed by atoms with Crippen LogP contribution in [0.25, 0.3) is 0 Å². The van der Waals surface area contributed by atoms with Crippen molar-refractivity contribution >= 4 is 26.0 Å². The third kappa shape index (κ3) is 3.16. The highest BCUT2D eigenvalue weighted by Crippen LogP contribution is 2.25. The van der Waals surface area contributed by atoms with Crippen LogP contribution in [0.5, 0.6) is 5.75 Å². The SMILES string of the molecule is Cc1cc(S(=O)(=O)Oc2ccc(F)cc2F)ccc1Br. The Bertz CT molecular complexity index is 760. The molecule has 0 bridgehead atoms. The molecule has 2 aromatic carbocycles. The Kier molecular flexibility index (Phi) is 4.10. The van der Waals surface area contributed by atoms with Gasteiger partial charge in [-0.15, -0.1) is 0 Å². The molecule has 106 valence electrons. The molecule has 0 aliphatic carbocycles. The summed E-state index contributed by atoms with van der Waals surface area (Å²) >= 11 is 3.25. The molecule has 0 atom stereocenters. The fraction of sp³-hybridized carbons (Fsp3) is 0.0769. The van der Waals surface area contributed by atoms with E-state index < -0.39 is 27.5 Å². The van der Waals surface area contributed by atoms with Crippen molar-refractivity contribution in [3.63, 3.8) is 0 Å². The van der Waals surface area contributed by atoms with Gasteiger partial charge in [0, 0.05) is 10.5 Å². The second-order valence-electron chi connectivity index (χ2n) is 4.02. The molecule has 0 spiro atoms. The lowest BCUT2D eigenvalue weighted by molar-refractivity contribution is 0.457. The average Bonchev–Trinajstić information content (AvgIpc) is 2.36. The number of aryl methyl sites for hydroxylation is 1. The van der Waals surface area contributed by atoms with Crippen molar-refractivity contribution in [2.75, 3.05) is 0 Å². The zero-order valence-electron chi connectivity index (χ0n) is 10.2. The number of benzene rings is 2. The van der Waals surface area contributed by atoms with Crippen LogP contribution in [0, 0.1) is 18.6 Å². The van der Waals surface area contributed by atoms with Gasteiger partial charge in [-0.1, -0.05) is 15.9 Å². The van der Waals surface area contributed by atoms with Crippen molar-refractivity contribution < 1.29 is 21.4 Å². The van der Waals surface area contributed by atoms with Crippen molar-refractivity contribution in [1.29, 1.82) is 0 Å². The first-order chi connectivity index (χ1) is 9.29. The average molecular weight is 363 g/mol. The fourth-order valence-electron chi connectivity index (χ4n) is 1.48. The summed E-state index contributed by atoms with van der Waals surface area (Å²) in [5, 5.41) is 0. The van der Waals surface area contributed by atoms with Gasteiger partial charge >= 0.3 is 10.1 Å². The van der Waals surface area contributed by atoms with Crippen molar-refractivity contribution in [3.05, 3.63) is 58.1 Å². The Hall–Kier alpha value is -1.47. The Morgan fingerprint density at radius 3 is 2.40 bits per heavy atom. The quantitative estimate of drug-likeness (QED) is 0.779. The van der Waals surface area contributed by atoms with Crippen LogP contribution in [0.15, 0.2) is 45.8 Å². The van der Waals surface area contributed by atoms with Gasteiger partial charge in [0.05, 0.1) is 0 Å². The van der Waals surface area contributed by atoms with Gasteiger partial charge in [0.15, 0.2) is 11.6 Å². The second kappa shape index (κ2) is 5.49. The maximum atomic E-state index is 13.4. The molecule has 0 saturated carbocycles. The highest BCUT2D eigenvalue weighted by atomic mass is 79.9. The molecule has 0 amide bonds. The van der Waals surface area contributed by atoms with Crippen LogP contribution in [-0.4, -0.2) is 8.42 Å². The largest absolute Gasteiger partial charge is 0.376 e.